The Kier molecular flexibility index (Phi) is 5.29. The van der Waals surface area contributed by atoms with Crippen LogP contribution in [0.5, 0.6) is 0 Å². The van der Waals surface area contributed by atoms with Crippen LogP contribution in [0.25, 0.3) is 10.6 Å². The number of nitrogen functional groups attached to an aromatic ring is 1. The van der Waals surface area contributed by atoms with Crippen molar-refractivity contribution in [3.8, 4) is 10.6 Å². The molecule has 2 aromatic heterocycles. The average Bonchev–Trinajstić information content (AvgIpc) is 3.12. The SMILES string of the molecule is Nc1cccc(-c2cc3c(s2)CCOC32CCN(C(=O)CCC(F)(F)F)CC2)n1. The van der Waals surface area contributed by atoms with E-state index in [4.69, 9.17) is 10.5 Å². The number of alkyl halides is 3. The molecule has 1 spiro atoms. The highest BCUT2D eigenvalue weighted by molar-refractivity contribution is 7.15. The Bertz CT molecular complexity index is 905. The van der Waals surface area contributed by atoms with Crippen molar-refractivity contribution in [3.05, 3.63) is 34.7 Å². The molecule has 0 radical (unpaired) electrons. The molecule has 0 bridgehead atoms. The van der Waals surface area contributed by atoms with E-state index in [2.05, 4.69) is 11.1 Å². The molecule has 2 aliphatic heterocycles. The van der Waals surface area contributed by atoms with E-state index in [0.717, 1.165) is 22.6 Å². The summed E-state index contributed by atoms with van der Waals surface area (Å²) in [5.41, 5.74) is 7.27. The van der Waals surface area contributed by atoms with E-state index in [1.165, 1.54) is 9.78 Å². The lowest BCUT2D eigenvalue weighted by atomic mass is 9.82. The average molecular weight is 425 g/mol. The van der Waals surface area contributed by atoms with Gasteiger partial charge in [0, 0.05) is 30.8 Å². The molecule has 0 saturated carbocycles. The van der Waals surface area contributed by atoms with Crippen LogP contribution in [0.3, 0.4) is 0 Å². The van der Waals surface area contributed by atoms with Crippen molar-refractivity contribution in [1.82, 2.24) is 9.88 Å². The highest BCUT2D eigenvalue weighted by Crippen LogP contribution is 2.46. The molecule has 0 atom stereocenters. The maximum atomic E-state index is 12.4. The molecule has 156 valence electrons. The fourth-order valence-electron chi connectivity index (χ4n) is 4.07. The molecule has 2 aliphatic rings. The quantitative estimate of drug-likeness (QED) is 0.803. The lowest BCUT2D eigenvalue weighted by Crippen LogP contribution is -2.48. The predicted molar refractivity (Wildman–Crippen MR) is 104 cm³/mol. The van der Waals surface area contributed by atoms with Gasteiger partial charge in [0.1, 0.15) is 5.82 Å². The van der Waals surface area contributed by atoms with E-state index >= 15 is 0 Å². The van der Waals surface area contributed by atoms with Crippen LogP contribution in [-0.4, -0.2) is 41.7 Å². The number of likely N-dealkylation sites (tertiary alicyclic amines) is 1. The minimum Gasteiger partial charge on any atom is -0.384 e. The topological polar surface area (TPSA) is 68.5 Å². The summed E-state index contributed by atoms with van der Waals surface area (Å²) in [7, 11) is 0. The number of piperidine rings is 1. The zero-order chi connectivity index (χ0) is 20.6. The van der Waals surface area contributed by atoms with E-state index in [1.54, 1.807) is 17.4 Å². The summed E-state index contributed by atoms with van der Waals surface area (Å²) in [5.74, 6) is 0.0219. The van der Waals surface area contributed by atoms with Crippen molar-refractivity contribution in [2.75, 3.05) is 25.4 Å². The predicted octanol–water partition coefficient (Wildman–Crippen LogP) is 4.13. The molecule has 1 saturated heterocycles. The Morgan fingerprint density at radius 2 is 2.07 bits per heavy atom. The van der Waals surface area contributed by atoms with Crippen molar-refractivity contribution in [1.29, 1.82) is 0 Å². The summed E-state index contributed by atoms with van der Waals surface area (Å²) < 4.78 is 43.4. The van der Waals surface area contributed by atoms with Gasteiger partial charge in [0.05, 0.1) is 29.2 Å². The van der Waals surface area contributed by atoms with Gasteiger partial charge in [-0.25, -0.2) is 4.98 Å². The smallest absolute Gasteiger partial charge is 0.384 e. The number of amides is 1. The zero-order valence-electron chi connectivity index (χ0n) is 15.8. The molecule has 2 N–H and O–H groups in total. The lowest BCUT2D eigenvalue weighted by Gasteiger charge is -2.44. The number of ether oxygens (including phenoxy) is 1. The van der Waals surface area contributed by atoms with E-state index in [1.807, 2.05) is 12.1 Å². The molecular weight excluding hydrogens is 403 g/mol. The van der Waals surface area contributed by atoms with E-state index in [0.29, 0.717) is 38.4 Å². The summed E-state index contributed by atoms with van der Waals surface area (Å²) in [6.07, 6.45) is -3.90. The number of thiophene rings is 1. The van der Waals surface area contributed by atoms with Gasteiger partial charge in [-0.15, -0.1) is 11.3 Å². The second-order valence-corrected chi connectivity index (χ2v) is 8.62. The van der Waals surface area contributed by atoms with Gasteiger partial charge < -0.3 is 15.4 Å². The molecule has 0 aliphatic carbocycles. The number of pyridine rings is 1. The molecule has 4 heterocycles. The first-order chi connectivity index (χ1) is 13.8. The van der Waals surface area contributed by atoms with Crippen molar-refractivity contribution >= 4 is 23.1 Å². The third-order valence-electron chi connectivity index (χ3n) is 5.58. The van der Waals surface area contributed by atoms with Crippen LogP contribution < -0.4 is 5.73 Å². The number of hydrogen-bond acceptors (Lipinski definition) is 5. The fourth-order valence-corrected chi connectivity index (χ4v) is 5.27. The summed E-state index contributed by atoms with van der Waals surface area (Å²) >= 11 is 1.68. The van der Waals surface area contributed by atoms with Crippen LogP contribution in [0.1, 0.15) is 36.1 Å². The molecule has 2 aromatic rings. The summed E-state index contributed by atoms with van der Waals surface area (Å²) in [6.45, 7) is 1.40. The largest absolute Gasteiger partial charge is 0.389 e. The number of nitrogens with zero attached hydrogens (tertiary/aromatic N) is 2. The van der Waals surface area contributed by atoms with E-state index in [9.17, 15) is 18.0 Å². The maximum Gasteiger partial charge on any atom is 0.389 e. The van der Waals surface area contributed by atoms with Crippen molar-refractivity contribution in [2.24, 2.45) is 0 Å². The maximum absolute atomic E-state index is 12.4. The molecule has 29 heavy (non-hydrogen) atoms. The van der Waals surface area contributed by atoms with Gasteiger partial charge in [0.15, 0.2) is 0 Å². The van der Waals surface area contributed by atoms with Crippen LogP contribution in [-0.2, 0) is 21.6 Å². The summed E-state index contributed by atoms with van der Waals surface area (Å²) in [5, 5.41) is 0. The van der Waals surface area contributed by atoms with Gasteiger partial charge in [-0.1, -0.05) is 6.07 Å². The van der Waals surface area contributed by atoms with Crippen LogP contribution in [0, 0.1) is 0 Å². The third-order valence-corrected chi connectivity index (χ3v) is 6.79. The first-order valence-corrected chi connectivity index (χ1v) is 10.4. The molecule has 1 fully saturated rings. The van der Waals surface area contributed by atoms with Crippen molar-refractivity contribution in [2.45, 2.75) is 43.9 Å². The Hall–Kier alpha value is -2.13. The van der Waals surface area contributed by atoms with Gasteiger partial charge in [-0.3, -0.25) is 4.79 Å². The van der Waals surface area contributed by atoms with Crippen molar-refractivity contribution in [3.63, 3.8) is 0 Å². The van der Waals surface area contributed by atoms with Crippen LogP contribution >= 0.6 is 11.3 Å². The van der Waals surface area contributed by atoms with Gasteiger partial charge in [-0.2, -0.15) is 13.2 Å². The number of halogens is 3. The lowest BCUT2D eigenvalue weighted by molar-refractivity contribution is -0.153. The number of carbonyl (C=O) groups is 1. The number of carbonyl (C=O) groups excluding carboxylic acids is 1. The summed E-state index contributed by atoms with van der Waals surface area (Å²) in [4.78, 5) is 20.3. The molecule has 1 amide bonds. The fraction of sp³-hybridized carbons (Fsp3) is 0.500. The zero-order valence-corrected chi connectivity index (χ0v) is 16.6. The number of aromatic nitrogens is 1. The number of anilines is 1. The minimum absolute atomic E-state index is 0.401. The third kappa shape index (κ3) is 4.25. The Labute approximate surface area is 170 Å². The highest BCUT2D eigenvalue weighted by Gasteiger charge is 2.43. The van der Waals surface area contributed by atoms with Crippen LogP contribution in [0.4, 0.5) is 19.0 Å². The highest BCUT2D eigenvalue weighted by atomic mass is 32.1. The van der Waals surface area contributed by atoms with Gasteiger partial charge in [0.25, 0.3) is 0 Å². The number of rotatable bonds is 3. The van der Waals surface area contributed by atoms with Crippen LogP contribution in [0.2, 0.25) is 0 Å². The molecular formula is C20H22F3N3O2S. The minimum atomic E-state index is -4.31. The summed E-state index contributed by atoms with van der Waals surface area (Å²) in [6, 6.07) is 7.63. The number of hydrogen-bond donors (Lipinski definition) is 1. The Morgan fingerprint density at radius 1 is 1.31 bits per heavy atom. The van der Waals surface area contributed by atoms with E-state index in [-0.39, 0.29) is 0 Å². The molecule has 4 rings (SSSR count). The van der Waals surface area contributed by atoms with Gasteiger partial charge in [-0.05, 0) is 36.6 Å². The Morgan fingerprint density at radius 3 is 2.76 bits per heavy atom. The number of nitrogens with two attached hydrogens (primary N) is 1. The van der Waals surface area contributed by atoms with Crippen molar-refractivity contribution < 1.29 is 22.7 Å². The van der Waals surface area contributed by atoms with Crippen LogP contribution in [0.15, 0.2) is 24.3 Å². The normalized spacial score (nSPS) is 18.7. The standard InChI is InChI=1S/C20H22F3N3O2S/c21-20(22,23)6-4-18(27)26-9-7-19(8-10-26)13-12-16(29-15(13)5-11-28-19)14-2-1-3-17(24)25-14/h1-3,12H,4-11H2,(H2,24,25). The van der Waals surface area contributed by atoms with Gasteiger partial charge in [0.2, 0.25) is 5.91 Å². The Balaban J connectivity index is 1.49. The van der Waals surface area contributed by atoms with E-state index < -0.39 is 30.5 Å². The number of fused-ring (bicyclic) bond motifs is 2. The monoisotopic (exact) mass is 425 g/mol. The van der Waals surface area contributed by atoms with Gasteiger partial charge >= 0.3 is 6.18 Å². The first kappa shape index (κ1) is 20.2. The first-order valence-electron chi connectivity index (χ1n) is 9.60. The molecule has 5 nitrogen and oxygen atoms in total. The second-order valence-electron chi connectivity index (χ2n) is 7.48. The molecule has 0 aromatic carbocycles. The second kappa shape index (κ2) is 7.60. The molecule has 0 unspecified atom stereocenters. The molecule has 9 heteroatoms.